The number of benzene rings is 2. The van der Waals surface area contributed by atoms with Crippen molar-refractivity contribution in [2.75, 3.05) is 11.4 Å². The Morgan fingerprint density at radius 3 is 2.70 bits per heavy atom. The zero-order valence-corrected chi connectivity index (χ0v) is 13.4. The maximum absolute atomic E-state index is 3.60. The first-order valence-electron chi connectivity index (χ1n) is 7.33. The largest absolute Gasteiger partial charge is 0.364 e. The zero-order valence-electron chi connectivity index (χ0n) is 11.8. The average molecular weight is 330 g/mol. The summed E-state index contributed by atoms with van der Waals surface area (Å²) in [5.41, 5.74) is 4.11. The molecule has 1 atom stereocenters. The van der Waals surface area contributed by atoms with Crippen molar-refractivity contribution in [3.8, 4) is 0 Å². The van der Waals surface area contributed by atoms with Gasteiger partial charge in [-0.3, -0.25) is 0 Å². The van der Waals surface area contributed by atoms with E-state index in [1.54, 1.807) is 0 Å². The Kier molecular flexibility index (Phi) is 4.11. The topological polar surface area (TPSA) is 3.24 Å². The van der Waals surface area contributed by atoms with Crippen molar-refractivity contribution in [2.45, 2.75) is 32.2 Å². The number of rotatable bonds is 2. The molecule has 3 rings (SSSR count). The summed E-state index contributed by atoms with van der Waals surface area (Å²) in [5, 5.41) is 0. The van der Waals surface area contributed by atoms with Crippen molar-refractivity contribution < 1.29 is 0 Å². The molecule has 1 fully saturated rings. The van der Waals surface area contributed by atoms with Crippen molar-refractivity contribution in [3.05, 3.63) is 64.1 Å². The molecule has 0 radical (unpaired) electrons. The third-order valence-corrected chi connectivity index (χ3v) is 4.56. The normalized spacial score (nSPS) is 19.1. The minimum absolute atomic E-state index is 0.503. The molecule has 1 aliphatic heterocycles. The van der Waals surface area contributed by atoms with Crippen LogP contribution in [0.5, 0.6) is 0 Å². The molecule has 0 bridgehead atoms. The summed E-state index contributed by atoms with van der Waals surface area (Å²) >= 11 is 3.60. The van der Waals surface area contributed by atoms with Crippen LogP contribution in [0.4, 0.5) is 5.69 Å². The Hall–Kier alpha value is -1.28. The molecule has 104 valence electrons. The first kappa shape index (κ1) is 13.7. The molecular formula is C18H20BrN. The molecule has 1 nitrogen and oxygen atoms in total. The molecule has 2 heteroatoms. The third-order valence-electron chi connectivity index (χ3n) is 4.07. The van der Waals surface area contributed by atoms with Gasteiger partial charge < -0.3 is 4.90 Å². The van der Waals surface area contributed by atoms with E-state index < -0.39 is 0 Å². The highest BCUT2D eigenvalue weighted by atomic mass is 79.9. The minimum Gasteiger partial charge on any atom is -0.364 e. The van der Waals surface area contributed by atoms with E-state index in [1.165, 1.54) is 40.5 Å². The minimum atomic E-state index is 0.503. The summed E-state index contributed by atoms with van der Waals surface area (Å²) in [6, 6.07) is 18.1. The number of aryl methyl sites for hydroxylation is 1. The lowest BCUT2D eigenvalue weighted by atomic mass is 9.94. The van der Waals surface area contributed by atoms with Crippen LogP contribution in [0, 0.1) is 6.92 Å². The molecule has 0 spiro atoms. The summed E-state index contributed by atoms with van der Waals surface area (Å²) in [6.45, 7) is 3.32. The lowest BCUT2D eigenvalue weighted by molar-refractivity contribution is 0.473. The highest BCUT2D eigenvalue weighted by molar-refractivity contribution is 9.10. The van der Waals surface area contributed by atoms with Crippen LogP contribution < -0.4 is 4.90 Å². The van der Waals surface area contributed by atoms with Crippen molar-refractivity contribution in [1.29, 1.82) is 0 Å². The first-order chi connectivity index (χ1) is 9.74. The second-order valence-electron chi connectivity index (χ2n) is 5.60. The van der Waals surface area contributed by atoms with Crippen LogP contribution in [0.1, 0.15) is 36.4 Å². The summed E-state index contributed by atoms with van der Waals surface area (Å²) < 4.78 is 1.17. The first-order valence-corrected chi connectivity index (χ1v) is 8.12. The smallest absolute Gasteiger partial charge is 0.0542 e. The van der Waals surface area contributed by atoms with E-state index in [1.807, 2.05) is 0 Å². The molecule has 0 aliphatic carbocycles. The molecule has 1 saturated heterocycles. The van der Waals surface area contributed by atoms with Crippen LogP contribution >= 0.6 is 15.9 Å². The number of hydrogen-bond acceptors (Lipinski definition) is 1. The zero-order chi connectivity index (χ0) is 13.9. The summed E-state index contributed by atoms with van der Waals surface area (Å²) in [4.78, 5) is 2.57. The average Bonchev–Trinajstić information content (AvgIpc) is 2.47. The second-order valence-corrected chi connectivity index (χ2v) is 6.51. The molecule has 20 heavy (non-hydrogen) atoms. The van der Waals surface area contributed by atoms with Crippen LogP contribution in [-0.4, -0.2) is 6.54 Å². The Labute approximate surface area is 129 Å². The van der Waals surface area contributed by atoms with Gasteiger partial charge in [-0.15, -0.1) is 0 Å². The van der Waals surface area contributed by atoms with Crippen LogP contribution in [0.15, 0.2) is 53.0 Å². The van der Waals surface area contributed by atoms with Gasteiger partial charge in [-0.1, -0.05) is 40.2 Å². The van der Waals surface area contributed by atoms with E-state index in [2.05, 4.69) is 76.3 Å². The van der Waals surface area contributed by atoms with Crippen LogP contribution in [0.3, 0.4) is 0 Å². The fraction of sp³-hybridized carbons (Fsp3) is 0.333. The molecular weight excluding hydrogens is 310 g/mol. The van der Waals surface area contributed by atoms with Gasteiger partial charge in [0.2, 0.25) is 0 Å². The van der Waals surface area contributed by atoms with Crippen molar-refractivity contribution in [3.63, 3.8) is 0 Å². The molecule has 0 N–H and O–H groups in total. The van der Waals surface area contributed by atoms with Gasteiger partial charge in [-0.25, -0.2) is 0 Å². The molecule has 0 aromatic heterocycles. The van der Waals surface area contributed by atoms with Crippen molar-refractivity contribution in [2.24, 2.45) is 0 Å². The van der Waals surface area contributed by atoms with Gasteiger partial charge in [-0.2, -0.15) is 0 Å². The fourth-order valence-electron chi connectivity index (χ4n) is 3.11. The number of anilines is 1. The second kappa shape index (κ2) is 6.01. The predicted octanol–water partition coefficient (Wildman–Crippen LogP) is 5.49. The van der Waals surface area contributed by atoms with Crippen LogP contribution in [0.2, 0.25) is 0 Å². The Morgan fingerprint density at radius 1 is 1.05 bits per heavy atom. The van der Waals surface area contributed by atoms with E-state index in [-0.39, 0.29) is 0 Å². The van der Waals surface area contributed by atoms with Gasteiger partial charge >= 0.3 is 0 Å². The van der Waals surface area contributed by atoms with Crippen molar-refractivity contribution in [1.82, 2.24) is 0 Å². The molecule has 2 aromatic carbocycles. The van der Waals surface area contributed by atoms with E-state index in [0.29, 0.717) is 6.04 Å². The van der Waals surface area contributed by atoms with E-state index in [4.69, 9.17) is 0 Å². The van der Waals surface area contributed by atoms with Crippen LogP contribution in [-0.2, 0) is 0 Å². The molecule has 0 saturated carbocycles. The van der Waals surface area contributed by atoms with Gasteiger partial charge in [0, 0.05) is 16.7 Å². The Balaban J connectivity index is 1.95. The van der Waals surface area contributed by atoms with E-state index in [0.717, 1.165) is 6.54 Å². The summed E-state index contributed by atoms with van der Waals surface area (Å²) in [6.07, 6.45) is 3.85. The van der Waals surface area contributed by atoms with E-state index >= 15 is 0 Å². The summed E-state index contributed by atoms with van der Waals surface area (Å²) in [5.74, 6) is 0. The highest BCUT2D eigenvalue weighted by Gasteiger charge is 2.24. The van der Waals surface area contributed by atoms with E-state index in [9.17, 15) is 0 Å². The number of halogens is 1. The SMILES string of the molecule is Cc1cccc(N2CCCCC2c2cccc(Br)c2)c1. The molecule has 1 unspecified atom stereocenters. The fourth-order valence-corrected chi connectivity index (χ4v) is 3.52. The lowest BCUT2D eigenvalue weighted by Crippen LogP contribution is -2.33. The van der Waals surface area contributed by atoms with Crippen molar-refractivity contribution >= 4 is 21.6 Å². The molecule has 1 aliphatic rings. The third kappa shape index (κ3) is 2.90. The Morgan fingerprint density at radius 2 is 1.90 bits per heavy atom. The number of hydrogen-bond donors (Lipinski definition) is 0. The van der Waals surface area contributed by atoms with Gasteiger partial charge in [0.15, 0.2) is 0 Å². The summed E-state index contributed by atoms with van der Waals surface area (Å²) in [7, 11) is 0. The number of piperidine rings is 1. The highest BCUT2D eigenvalue weighted by Crippen LogP contribution is 2.35. The quantitative estimate of drug-likeness (QED) is 0.704. The standard InChI is InChI=1S/C18H20BrN/c1-14-6-4-9-17(12-14)20-11-3-2-10-18(20)15-7-5-8-16(19)13-15/h4-9,12-13,18H,2-3,10-11H2,1H3. The van der Waals surface area contributed by atoms with Gasteiger partial charge in [-0.05, 0) is 61.6 Å². The maximum Gasteiger partial charge on any atom is 0.0542 e. The maximum atomic E-state index is 3.60. The van der Waals surface area contributed by atoms with Gasteiger partial charge in [0.25, 0.3) is 0 Å². The lowest BCUT2D eigenvalue weighted by Gasteiger charge is -2.38. The van der Waals surface area contributed by atoms with Gasteiger partial charge in [0.1, 0.15) is 0 Å². The molecule has 2 aromatic rings. The monoisotopic (exact) mass is 329 g/mol. The Bertz CT molecular complexity index is 540. The van der Waals surface area contributed by atoms with Crippen LogP contribution in [0.25, 0.3) is 0 Å². The molecule has 1 heterocycles. The molecule has 0 amide bonds. The predicted molar refractivity (Wildman–Crippen MR) is 89.3 cm³/mol. The van der Waals surface area contributed by atoms with Gasteiger partial charge in [0.05, 0.1) is 6.04 Å². The number of nitrogens with zero attached hydrogens (tertiary/aromatic N) is 1.